The van der Waals surface area contributed by atoms with Crippen LogP contribution in [0.3, 0.4) is 0 Å². The summed E-state index contributed by atoms with van der Waals surface area (Å²) >= 11 is 0. The number of carbonyl (C=O) groups is 1. The molecule has 0 heterocycles. The van der Waals surface area contributed by atoms with Gasteiger partial charge in [-0.3, -0.25) is 4.79 Å². The second-order valence-corrected chi connectivity index (χ2v) is 5.75. The van der Waals surface area contributed by atoms with Crippen LogP contribution < -0.4 is 20.5 Å². The van der Waals surface area contributed by atoms with Crippen molar-refractivity contribution in [3.8, 4) is 11.5 Å². The monoisotopic (exact) mass is 356 g/mol. The molecular formula is C19H24N4O3. The zero-order valence-electron chi connectivity index (χ0n) is 15.2. The van der Waals surface area contributed by atoms with Crippen LogP contribution in [-0.4, -0.2) is 44.6 Å². The van der Waals surface area contributed by atoms with Crippen LogP contribution in [0.5, 0.6) is 11.5 Å². The third kappa shape index (κ3) is 5.70. The molecule has 138 valence electrons. The molecule has 0 saturated carbocycles. The average molecular weight is 356 g/mol. The lowest BCUT2D eigenvalue weighted by atomic mass is 10.2. The molecule has 7 nitrogen and oxygen atoms in total. The minimum absolute atomic E-state index is 0.00276. The number of carbonyl (C=O) groups excluding carboxylic acids is 1. The van der Waals surface area contributed by atoms with E-state index in [0.717, 1.165) is 11.3 Å². The summed E-state index contributed by atoms with van der Waals surface area (Å²) in [5.41, 5.74) is 7.62. The van der Waals surface area contributed by atoms with Crippen LogP contribution in [0, 0.1) is 0 Å². The van der Waals surface area contributed by atoms with E-state index in [4.69, 9.17) is 15.2 Å². The molecule has 0 atom stereocenters. The van der Waals surface area contributed by atoms with Crippen molar-refractivity contribution in [3.05, 3.63) is 54.1 Å². The summed E-state index contributed by atoms with van der Waals surface area (Å²) < 4.78 is 10.8. The largest absolute Gasteiger partial charge is 0.495 e. The zero-order chi connectivity index (χ0) is 18.9. The first-order chi connectivity index (χ1) is 12.5. The number of amides is 1. The minimum Gasteiger partial charge on any atom is -0.495 e. The van der Waals surface area contributed by atoms with Gasteiger partial charge in [-0.05, 0) is 29.8 Å². The molecule has 1 amide bonds. The van der Waals surface area contributed by atoms with Crippen molar-refractivity contribution >= 4 is 17.6 Å². The number of nitrogens with one attached hydrogen (secondary N) is 1. The van der Waals surface area contributed by atoms with Gasteiger partial charge in [-0.1, -0.05) is 24.3 Å². The average Bonchev–Trinajstić information content (AvgIpc) is 2.65. The van der Waals surface area contributed by atoms with Gasteiger partial charge in [0.05, 0.1) is 19.3 Å². The number of guanidine groups is 1. The van der Waals surface area contributed by atoms with Crippen LogP contribution in [-0.2, 0) is 11.3 Å². The molecule has 2 aromatic rings. The molecule has 0 fully saturated rings. The topological polar surface area (TPSA) is 89.2 Å². The molecule has 3 N–H and O–H groups in total. The standard InChI is InChI=1S/C19H24N4O3/c1-23(2)18(24)13-26-15-8-6-7-14(11-15)12-21-19(20)22-16-9-4-5-10-17(16)25-3/h4-11H,12-13H2,1-3H3,(H3,20,21,22). The van der Waals surface area contributed by atoms with E-state index in [9.17, 15) is 4.79 Å². The molecule has 2 aromatic carbocycles. The first-order valence-corrected chi connectivity index (χ1v) is 8.11. The Hall–Kier alpha value is -3.22. The van der Waals surface area contributed by atoms with Crippen molar-refractivity contribution in [2.75, 3.05) is 33.1 Å². The molecule has 7 heteroatoms. The molecule has 0 spiro atoms. The third-order valence-electron chi connectivity index (χ3n) is 3.56. The molecule has 2 rings (SSSR count). The normalized spacial score (nSPS) is 11.0. The fourth-order valence-corrected chi connectivity index (χ4v) is 2.11. The van der Waals surface area contributed by atoms with Crippen LogP contribution in [0.15, 0.2) is 53.5 Å². The van der Waals surface area contributed by atoms with E-state index in [1.165, 1.54) is 4.90 Å². The van der Waals surface area contributed by atoms with Gasteiger partial charge in [0, 0.05) is 14.1 Å². The number of para-hydroxylation sites is 2. The smallest absolute Gasteiger partial charge is 0.259 e. The van der Waals surface area contributed by atoms with Gasteiger partial charge >= 0.3 is 0 Å². The number of ether oxygens (including phenoxy) is 2. The molecular weight excluding hydrogens is 332 g/mol. The van der Waals surface area contributed by atoms with Gasteiger partial charge in [0.25, 0.3) is 5.91 Å². The molecule has 0 aliphatic heterocycles. The van der Waals surface area contributed by atoms with Gasteiger partial charge in [-0.2, -0.15) is 0 Å². The van der Waals surface area contributed by atoms with E-state index in [1.807, 2.05) is 42.5 Å². The van der Waals surface area contributed by atoms with Gasteiger partial charge in [0.1, 0.15) is 11.5 Å². The molecule has 0 unspecified atom stereocenters. The van der Waals surface area contributed by atoms with Crippen LogP contribution in [0.1, 0.15) is 5.56 Å². The first kappa shape index (κ1) is 19.1. The lowest BCUT2D eigenvalue weighted by Crippen LogP contribution is -2.27. The molecule has 26 heavy (non-hydrogen) atoms. The number of aliphatic imine (C=N–C) groups is 1. The van der Waals surface area contributed by atoms with Gasteiger partial charge < -0.3 is 25.4 Å². The van der Waals surface area contributed by atoms with Gasteiger partial charge in [0.2, 0.25) is 0 Å². The predicted molar refractivity (Wildman–Crippen MR) is 103 cm³/mol. The second kappa shape index (κ2) is 9.31. The highest BCUT2D eigenvalue weighted by molar-refractivity contribution is 5.93. The summed E-state index contributed by atoms with van der Waals surface area (Å²) in [6.07, 6.45) is 0. The lowest BCUT2D eigenvalue weighted by Gasteiger charge is -2.12. The first-order valence-electron chi connectivity index (χ1n) is 8.11. The van der Waals surface area contributed by atoms with Crippen molar-refractivity contribution in [1.82, 2.24) is 4.90 Å². The molecule has 0 bridgehead atoms. The zero-order valence-corrected chi connectivity index (χ0v) is 15.2. The Bertz CT molecular complexity index is 775. The molecule has 0 aromatic heterocycles. The fourth-order valence-electron chi connectivity index (χ4n) is 2.11. The van der Waals surface area contributed by atoms with Crippen molar-refractivity contribution < 1.29 is 14.3 Å². The van der Waals surface area contributed by atoms with Gasteiger partial charge in [0.15, 0.2) is 12.6 Å². The van der Waals surface area contributed by atoms with E-state index >= 15 is 0 Å². The lowest BCUT2D eigenvalue weighted by molar-refractivity contribution is -0.130. The van der Waals surface area contributed by atoms with E-state index in [-0.39, 0.29) is 18.5 Å². The summed E-state index contributed by atoms with van der Waals surface area (Å²) in [6.45, 7) is 0.379. The Kier molecular flexibility index (Phi) is 6.84. The summed E-state index contributed by atoms with van der Waals surface area (Å²) in [4.78, 5) is 17.4. The van der Waals surface area contributed by atoms with Gasteiger partial charge in [-0.15, -0.1) is 0 Å². The maximum absolute atomic E-state index is 11.6. The maximum Gasteiger partial charge on any atom is 0.259 e. The molecule has 0 aliphatic carbocycles. The highest BCUT2D eigenvalue weighted by Crippen LogP contribution is 2.22. The summed E-state index contributed by atoms with van der Waals surface area (Å²) in [6, 6.07) is 14.9. The maximum atomic E-state index is 11.6. The molecule has 0 saturated heterocycles. The quantitative estimate of drug-likeness (QED) is 0.586. The van der Waals surface area contributed by atoms with Crippen LogP contribution in [0.4, 0.5) is 5.69 Å². The predicted octanol–water partition coefficient (Wildman–Crippen LogP) is 2.09. The number of rotatable bonds is 7. The van der Waals surface area contributed by atoms with E-state index in [2.05, 4.69) is 10.3 Å². The van der Waals surface area contributed by atoms with Crippen molar-refractivity contribution in [2.45, 2.75) is 6.54 Å². The number of nitrogens with two attached hydrogens (primary N) is 1. The second-order valence-electron chi connectivity index (χ2n) is 5.75. The fraction of sp³-hybridized carbons (Fsp3) is 0.263. The number of nitrogens with zero attached hydrogens (tertiary/aromatic N) is 2. The van der Waals surface area contributed by atoms with Crippen LogP contribution >= 0.6 is 0 Å². The number of hydrogen-bond donors (Lipinski definition) is 2. The SMILES string of the molecule is COc1ccccc1NC(N)=NCc1cccc(OCC(=O)N(C)C)c1. The van der Waals surface area contributed by atoms with E-state index in [1.54, 1.807) is 27.3 Å². The Morgan fingerprint density at radius 3 is 2.69 bits per heavy atom. The van der Waals surface area contributed by atoms with Crippen molar-refractivity contribution in [1.29, 1.82) is 0 Å². The summed E-state index contributed by atoms with van der Waals surface area (Å²) in [5, 5.41) is 3.02. The number of benzene rings is 2. The Morgan fingerprint density at radius 2 is 1.96 bits per heavy atom. The number of likely N-dealkylation sites (N-methyl/N-ethyl adjacent to an activating group) is 1. The summed E-state index contributed by atoms with van der Waals surface area (Å²) in [7, 11) is 4.98. The van der Waals surface area contributed by atoms with E-state index < -0.39 is 0 Å². The van der Waals surface area contributed by atoms with E-state index in [0.29, 0.717) is 18.0 Å². The number of anilines is 1. The Labute approximate surface area is 153 Å². The Morgan fingerprint density at radius 1 is 1.19 bits per heavy atom. The number of methoxy groups -OCH3 is 1. The highest BCUT2D eigenvalue weighted by atomic mass is 16.5. The van der Waals surface area contributed by atoms with Crippen molar-refractivity contribution in [3.63, 3.8) is 0 Å². The minimum atomic E-state index is -0.0984. The molecule has 0 aliphatic rings. The van der Waals surface area contributed by atoms with Crippen LogP contribution in [0.2, 0.25) is 0 Å². The highest BCUT2D eigenvalue weighted by Gasteiger charge is 2.06. The summed E-state index contributed by atoms with van der Waals surface area (Å²) in [5.74, 6) is 1.48. The number of hydrogen-bond acceptors (Lipinski definition) is 4. The van der Waals surface area contributed by atoms with Gasteiger partial charge in [-0.25, -0.2) is 4.99 Å². The van der Waals surface area contributed by atoms with Crippen molar-refractivity contribution in [2.24, 2.45) is 10.7 Å². The van der Waals surface area contributed by atoms with Crippen LogP contribution in [0.25, 0.3) is 0 Å². The third-order valence-corrected chi connectivity index (χ3v) is 3.56. The molecule has 0 radical (unpaired) electrons. The Balaban J connectivity index is 1.96.